The van der Waals surface area contributed by atoms with Crippen LogP contribution in [0.15, 0.2) is 61.2 Å². The maximum atomic E-state index is 3.99. The van der Waals surface area contributed by atoms with E-state index in [1.807, 2.05) is 12.1 Å². The van der Waals surface area contributed by atoms with Gasteiger partial charge in [-0.15, -0.1) is 0 Å². The van der Waals surface area contributed by atoms with Crippen molar-refractivity contribution in [3.05, 3.63) is 72.4 Å². The van der Waals surface area contributed by atoms with Crippen molar-refractivity contribution in [3.8, 4) is 5.69 Å². The number of para-hydroxylation sites is 2. The van der Waals surface area contributed by atoms with Crippen LogP contribution in [-0.4, -0.2) is 8.97 Å². The van der Waals surface area contributed by atoms with Crippen molar-refractivity contribution in [2.45, 2.75) is 0 Å². The first-order valence-corrected chi connectivity index (χ1v) is 7.82. The third-order valence-corrected chi connectivity index (χ3v) is 4.12. The molecule has 3 rings (SSSR count). The van der Waals surface area contributed by atoms with E-state index in [0.29, 0.717) is 0 Å². The number of hydrogen-bond donors (Lipinski definition) is 0. The molecule has 19 heavy (non-hydrogen) atoms. The number of nitrogens with zero attached hydrogens (tertiary/aromatic N) is 1. The van der Waals surface area contributed by atoms with Crippen LogP contribution in [0, 0.1) is 0 Å². The predicted octanol–water partition coefficient (Wildman–Crippen LogP) is 3.97. The molecule has 0 aliphatic rings. The Balaban J connectivity index is 2.47. The quantitative estimate of drug-likeness (QED) is 0.611. The summed E-state index contributed by atoms with van der Waals surface area (Å²) in [5, 5.41) is 1.29. The van der Waals surface area contributed by atoms with E-state index < -0.39 is 0 Å². The Hall–Kier alpha value is -1.72. The molecule has 0 radical (unpaired) electrons. The van der Waals surface area contributed by atoms with Gasteiger partial charge in [-0.1, -0.05) is 0 Å². The minimum absolute atomic E-state index is 1.17. The Morgan fingerprint density at radius 1 is 0.947 bits per heavy atom. The summed E-state index contributed by atoms with van der Waals surface area (Å²) in [7, 11) is 0. The predicted molar refractivity (Wildman–Crippen MR) is 78.5 cm³/mol. The summed E-state index contributed by atoms with van der Waals surface area (Å²) in [5.41, 5.74) is 4.86. The van der Waals surface area contributed by atoms with Gasteiger partial charge in [0.25, 0.3) is 0 Å². The van der Waals surface area contributed by atoms with Crippen LogP contribution in [0.25, 0.3) is 22.7 Å². The van der Waals surface area contributed by atoms with Crippen molar-refractivity contribution in [3.63, 3.8) is 0 Å². The summed E-state index contributed by atoms with van der Waals surface area (Å²) in [4.78, 5) is 0. The van der Waals surface area contributed by atoms with Gasteiger partial charge in [-0.25, -0.2) is 0 Å². The van der Waals surface area contributed by atoms with Gasteiger partial charge in [0.05, 0.1) is 0 Å². The molecular formula is C17H13NW. The van der Waals surface area contributed by atoms with Crippen LogP contribution in [0.5, 0.6) is 0 Å². The van der Waals surface area contributed by atoms with E-state index >= 15 is 0 Å². The molecule has 2 aromatic carbocycles. The van der Waals surface area contributed by atoms with Gasteiger partial charge in [0.2, 0.25) is 0 Å². The molecule has 0 unspecified atom stereocenters. The second-order valence-corrected chi connectivity index (χ2v) is 5.16. The summed E-state index contributed by atoms with van der Waals surface area (Å²) in [6.45, 7) is 3.99. The van der Waals surface area contributed by atoms with Crippen LogP contribution in [0.4, 0.5) is 0 Å². The fourth-order valence-electron chi connectivity index (χ4n) is 2.46. The minimum atomic E-state index is 1.17. The van der Waals surface area contributed by atoms with Crippen LogP contribution in [0.3, 0.4) is 0 Å². The number of fused-ring (bicyclic) bond motifs is 1. The third-order valence-electron chi connectivity index (χ3n) is 3.28. The zero-order chi connectivity index (χ0) is 13.2. The fraction of sp³-hybridized carbons (Fsp3) is 0. The van der Waals surface area contributed by atoms with E-state index in [4.69, 9.17) is 0 Å². The Morgan fingerprint density at radius 3 is 2.32 bits per heavy atom. The average Bonchev–Trinajstić information content (AvgIpc) is 2.81. The monoisotopic (exact) mass is 415 g/mol. The summed E-state index contributed by atoms with van der Waals surface area (Å²) in [5.74, 6) is 0. The first kappa shape index (κ1) is 12.3. The second kappa shape index (κ2) is 5.11. The molecule has 0 aliphatic heterocycles. The van der Waals surface area contributed by atoms with Gasteiger partial charge in [0.15, 0.2) is 0 Å². The molecule has 0 atom stereocenters. The van der Waals surface area contributed by atoms with Crippen molar-refractivity contribution in [2.24, 2.45) is 0 Å². The molecule has 0 saturated heterocycles. The molecule has 0 bridgehead atoms. The molecule has 1 aromatic heterocycles. The standard InChI is InChI=1S/C17H13N.W/c1-3-16-13(2)15-11-7-8-12-17(15)18(16)14-9-5-4-6-10-14;/h2-12H,1H2;. The van der Waals surface area contributed by atoms with Crippen LogP contribution < -0.4 is 0 Å². The molecular weight excluding hydrogens is 402 g/mol. The number of benzene rings is 2. The molecule has 0 N–H and O–H groups in total. The molecule has 2 heteroatoms. The first-order valence-electron chi connectivity index (χ1n) is 6.13. The molecule has 0 aliphatic carbocycles. The van der Waals surface area contributed by atoms with E-state index in [9.17, 15) is 0 Å². The topological polar surface area (TPSA) is 4.93 Å². The Labute approximate surface area is 123 Å². The number of aromatic nitrogens is 1. The summed E-state index contributed by atoms with van der Waals surface area (Å²) in [6, 6.07) is 19.0. The molecule has 0 fully saturated rings. The Kier molecular flexibility index (Phi) is 3.31. The van der Waals surface area contributed by atoms with Crippen molar-refractivity contribution in [2.75, 3.05) is 0 Å². The van der Waals surface area contributed by atoms with Crippen LogP contribution in [-0.2, 0) is 19.4 Å². The van der Waals surface area contributed by atoms with E-state index in [0.717, 1.165) is 0 Å². The van der Waals surface area contributed by atoms with Gasteiger partial charge in [-0.2, -0.15) is 0 Å². The van der Waals surface area contributed by atoms with E-state index in [2.05, 4.69) is 64.1 Å². The van der Waals surface area contributed by atoms with Gasteiger partial charge in [-0.3, -0.25) is 0 Å². The molecule has 92 valence electrons. The molecule has 0 saturated carbocycles. The summed E-state index contributed by atoms with van der Waals surface area (Å²) < 4.78 is 4.51. The summed E-state index contributed by atoms with van der Waals surface area (Å²) >= 11 is 1.45. The maximum absolute atomic E-state index is 3.99. The van der Waals surface area contributed by atoms with Gasteiger partial charge < -0.3 is 0 Å². The number of hydrogen-bond acceptors (Lipinski definition) is 0. The van der Waals surface area contributed by atoms with Crippen LogP contribution in [0.2, 0.25) is 0 Å². The fourth-order valence-corrected chi connectivity index (χ4v) is 3.35. The van der Waals surface area contributed by atoms with Gasteiger partial charge in [0.1, 0.15) is 0 Å². The molecule has 1 heterocycles. The number of rotatable bonds is 3. The van der Waals surface area contributed by atoms with Crippen molar-refractivity contribution in [1.82, 2.24) is 4.57 Å². The van der Waals surface area contributed by atoms with Gasteiger partial charge in [-0.05, 0) is 0 Å². The van der Waals surface area contributed by atoms with Gasteiger partial charge in [0, 0.05) is 0 Å². The molecule has 3 aromatic rings. The van der Waals surface area contributed by atoms with E-state index in [1.54, 1.807) is 0 Å². The van der Waals surface area contributed by atoms with E-state index in [1.165, 1.54) is 47.2 Å². The molecule has 1 nitrogen and oxygen atoms in total. The third kappa shape index (κ3) is 1.95. The van der Waals surface area contributed by atoms with Crippen molar-refractivity contribution in [1.29, 1.82) is 0 Å². The van der Waals surface area contributed by atoms with Crippen LogP contribution >= 0.6 is 0 Å². The zero-order valence-corrected chi connectivity index (χ0v) is 13.3. The molecule has 0 amide bonds. The average molecular weight is 415 g/mol. The Morgan fingerprint density at radius 2 is 1.63 bits per heavy atom. The molecule has 0 spiro atoms. The summed E-state index contributed by atoms with van der Waals surface area (Å²) in [6.07, 6.45) is 1.95. The Bertz CT molecular complexity index is 754. The zero-order valence-electron chi connectivity index (χ0n) is 10.4. The second-order valence-electron chi connectivity index (χ2n) is 4.31. The van der Waals surface area contributed by atoms with Gasteiger partial charge >= 0.3 is 123 Å². The van der Waals surface area contributed by atoms with Crippen molar-refractivity contribution >= 4 is 21.4 Å². The van der Waals surface area contributed by atoms with Crippen LogP contribution in [0.1, 0.15) is 11.3 Å². The first-order chi connectivity index (χ1) is 9.36. The van der Waals surface area contributed by atoms with E-state index in [-0.39, 0.29) is 0 Å². The SMILES string of the molecule is C=Cc1c([CH]=[W])c2ccccc2n1-c1ccccc1. The van der Waals surface area contributed by atoms with Crippen molar-refractivity contribution < 1.29 is 19.4 Å². The normalized spacial score (nSPS) is 10.5.